The van der Waals surface area contributed by atoms with Crippen molar-refractivity contribution in [2.24, 2.45) is 0 Å². The van der Waals surface area contributed by atoms with E-state index in [0.717, 1.165) is 11.3 Å². The summed E-state index contributed by atoms with van der Waals surface area (Å²) in [7, 11) is 0. The van der Waals surface area contributed by atoms with Gasteiger partial charge in [0.25, 0.3) is 0 Å². The molecule has 0 radical (unpaired) electrons. The van der Waals surface area contributed by atoms with Gasteiger partial charge in [0.05, 0.1) is 12.7 Å². The Hall–Kier alpha value is -1.84. The van der Waals surface area contributed by atoms with E-state index >= 15 is 0 Å². The van der Waals surface area contributed by atoms with Crippen LogP contribution in [-0.4, -0.2) is 16.1 Å². The van der Waals surface area contributed by atoms with Crippen molar-refractivity contribution >= 4 is 6.29 Å². The van der Waals surface area contributed by atoms with Crippen LogP contribution in [0.2, 0.25) is 0 Å². The van der Waals surface area contributed by atoms with Gasteiger partial charge in [0.15, 0.2) is 12.0 Å². The molecule has 0 atom stereocenters. The van der Waals surface area contributed by atoms with Gasteiger partial charge in [-0.05, 0) is 24.6 Å². The number of carbonyl (C=O) groups excluding carboxylic acids is 1. The molecule has 2 rings (SSSR count). The third kappa shape index (κ3) is 1.74. The maximum Gasteiger partial charge on any atom is 0.185 e. The van der Waals surface area contributed by atoms with Crippen molar-refractivity contribution in [3.05, 3.63) is 41.6 Å². The number of aldehydes is 1. The molecule has 14 heavy (non-hydrogen) atoms. The van der Waals surface area contributed by atoms with Gasteiger partial charge in [-0.25, -0.2) is 0 Å². The monoisotopic (exact) mass is 190 g/mol. The molecule has 2 heterocycles. The fraction of sp³-hybridized carbons (Fsp3) is 0.200. The molecule has 0 N–H and O–H groups in total. The van der Waals surface area contributed by atoms with E-state index in [2.05, 4.69) is 5.10 Å². The van der Waals surface area contributed by atoms with Gasteiger partial charge in [-0.3, -0.25) is 9.48 Å². The van der Waals surface area contributed by atoms with Gasteiger partial charge in [-0.15, -0.1) is 0 Å². The lowest BCUT2D eigenvalue weighted by molar-refractivity contribution is 0.109. The molecular formula is C10H10N2O2. The summed E-state index contributed by atoms with van der Waals surface area (Å²) < 4.78 is 6.98. The average Bonchev–Trinajstić information content (AvgIpc) is 2.76. The van der Waals surface area contributed by atoms with Crippen LogP contribution in [0.3, 0.4) is 0 Å². The van der Waals surface area contributed by atoms with E-state index in [4.69, 9.17) is 4.42 Å². The second-order valence-corrected chi connectivity index (χ2v) is 3.14. The number of hydrogen-bond acceptors (Lipinski definition) is 3. The predicted octanol–water partition coefficient (Wildman–Crippen LogP) is 1.65. The molecule has 0 saturated carbocycles. The van der Waals surface area contributed by atoms with Crippen molar-refractivity contribution in [1.82, 2.24) is 9.78 Å². The molecule has 4 heteroatoms. The summed E-state index contributed by atoms with van der Waals surface area (Å²) in [6, 6.07) is 3.43. The third-order valence-corrected chi connectivity index (χ3v) is 1.88. The smallest absolute Gasteiger partial charge is 0.185 e. The third-order valence-electron chi connectivity index (χ3n) is 1.88. The number of carbonyl (C=O) groups is 1. The van der Waals surface area contributed by atoms with E-state index in [9.17, 15) is 4.79 Å². The highest BCUT2D eigenvalue weighted by atomic mass is 16.3. The molecule has 0 saturated heterocycles. The van der Waals surface area contributed by atoms with Crippen LogP contribution in [0.5, 0.6) is 0 Å². The molecule has 0 amide bonds. The Balaban J connectivity index is 2.14. The molecule has 4 nitrogen and oxygen atoms in total. The Bertz CT molecular complexity index is 442. The van der Waals surface area contributed by atoms with Crippen LogP contribution < -0.4 is 0 Å². The second kappa shape index (κ2) is 3.49. The second-order valence-electron chi connectivity index (χ2n) is 3.14. The highest BCUT2D eigenvalue weighted by Crippen LogP contribution is 2.07. The quantitative estimate of drug-likeness (QED) is 0.691. The number of aromatic nitrogens is 2. The number of aryl methyl sites for hydroxylation is 1. The van der Waals surface area contributed by atoms with Gasteiger partial charge in [0.2, 0.25) is 0 Å². The molecule has 0 aliphatic carbocycles. The fourth-order valence-electron chi connectivity index (χ4n) is 1.26. The highest BCUT2D eigenvalue weighted by Gasteiger charge is 2.02. The summed E-state index contributed by atoms with van der Waals surface area (Å²) in [6.07, 6.45) is 4.39. The van der Waals surface area contributed by atoms with Crippen molar-refractivity contribution in [1.29, 1.82) is 0 Å². The summed E-state index contributed by atoms with van der Waals surface area (Å²) in [4.78, 5) is 10.4. The first-order valence-corrected chi connectivity index (χ1v) is 4.31. The zero-order chi connectivity index (χ0) is 9.97. The van der Waals surface area contributed by atoms with Crippen LogP contribution in [0, 0.1) is 6.92 Å². The summed E-state index contributed by atoms with van der Waals surface area (Å²) in [6.45, 7) is 2.53. The van der Waals surface area contributed by atoms with Gasteiger partial charge < -0.3 is 4.42 Å². The van der Waals surface area contributed by atoms with Gasteiger partial charge in [-0.2, -0.15) is 5.10 Å². The molecule has 0 unspecified atom stereocenters. The topological polar surface area (TPSA) is 48.0 Å². The zero-order valence-electron chi connectivity index (χ0n) is 7.80. The number of hydrogen-bond donors (Lipinski definition) is 0. The Labute approximate surface area is 81.1 Å². The molecule has 72 valence electrons. The van der Waals surface area contributed by atoms with Crippen LogP contribution in [0.4, 0.5) is 0 Å². The lowest BCUT2D eigenvalue weighted by Gasteiger charge is -1.95. The lowest BCUT2D eigenvalue weighted by atomic mass is 10.4. The minimum absolute atomic E-state index is 0.351. The first-order valence-electron chi connectivity index (χ1n) is 4.31. The molecule has 0 spiro atoms. The Morgan fingerprint density at radius 2 is 2.43 bits per heavy atom. The molecule has 0 bridgehead atoms. The SMILES string of the molecule is Cc1cnn(Cc2ccc(C=O)o2)c1. The largest absolute Gasteiger partial charge is 0.456 e. The summed E-state index contributed by atoms with van der Waals surface area (Å²) >= 11 is 0. The van der Waals surface area contributed by atoms with E-state index in [0.29, 0.717) is 18.6 Å². The Morgan fingerprint density at radius 3 is 3.00 bits per heavy atom. The first-order chi connectivity index (χ1) is 6.78. The Kier molecular flexibility index (Phi) is 2.18. The highest BCUT2D eigenvalue weighted by molar-refractivity contribution is 5.70. The number of nitrogens with zero attached hydrogens (tertiary/aromatic N) is 2. The minimum Gasteiger partial charge on any atom is -0.456 e. The molecule has 2 aromatic rings. The van der Waals surface area contributed by atoms with Gasteiger partial charge in [0.1, 0.15) is 5.76 Å². The normalized spacial score (nSPS) is 10.4. The molecule has 0 aliphatic heterocycles. The zero-order valence-corrected chi connectivity index (χ0v) is 7.80. The fourth-order valence-corrected chi connectivity index (χ4v) is 1.26. The average molecular weight is 190 g/mol. The summed E-state index contributed by atoms with van der Waals surface area (Å²) in [5.74, 6) is 1.08. The van der Waals surface area contributed by atoms with Crippen LogP contribution >= 0.6 is 0 Å². The van der Waals surface area contributed by atoms with Crippen molar-refractivity contribution in [2.45, 2.75) is 13.5 Å². The van der Waals surface area contributed by atoms with Crippen LogP contribution in [-0.2, 0) is 6.54 Å². The maximum atomic E-state index is 10.4. The van der Waals surface area contributed by atoms with Crippen molar-refractivity contribution in [3.63, 3.8) is 0 Å². The van der Waals surface area contributed by atoms with Crippen molar-refractivity contribution in [2.75, 3.05) is 0 Å². The van der Waals surface area contributed by atoms with E-state index in [1.165, 1.54) is 0 Å². The summed E-state index contributed by atoms with van der Waals surface area (Å²) in [5, 5.41) is 4.11. The van der Waals surface area contributed by atoms with Crippen LogP contribution in [0.25, 0.3) is 0 Å². The number of furan rings is 1. The molecular weight excluding hydrogens is 180 g/mol. The molecule has 0 fully saturated rings. The van der Waals surface area contributed by atoms with Crippen LogP contribution in [0.15, 0.2) is 28.9 Å². The standard InChI is InChI=1S/C10H10N2O2/c1-8-4-11-12(5-8)6-9-2-3-10(7-13)14-9/h2-5,7H,6H2,1H3. The van der Waals surface area contributed by atoms with Gasteiger partial charge in [-0.1, -0.05) is 0 Å². The molecule has 0 aliphatic rings. The molecule has 0 aromatic carbocycles. The first kappa shape index (κ1) is 8.74. The van der Waals surface area contributed by atoms with E-state index in [1.54, 1.807) is 23.0 Å². The van der Waals surface area contributed by atoms with Crippen molar-refractivity contribution < 1.29 is 9.21 Å². The van der Waals surface area contributed by atoms with Gasteiger partial charge >= 0.3 is 0 Å². The van der Waals surface area contributed by atoms with Crippen molar-refractivity contribution in [3.8, 4) is 0 Å². The van der Waals surface area contributed by atoms with Gasteiger partial charge in [0, 0.05) is 6.20 Å². The van der Waals surface area contributed by atoms with E-state index in [1.807, 2.05) is 13.1 Å². The van der Waals surface area contributed by atoms with E-state index < -0.39 is 0 Å². The van der Waals surface area contributed by atoms with E-state index in [-0.39, 0.29) is 0 Å². The lowest BCUT2D eigenvalue weighted by Crippen LogP contribution is -1.98. The maximum absolute atomic E-state index is 10.4. The predicted molar refractivity (Wildman–Crippen MR) is 50.2 cm³/mol. The number of rotatable bonds is 3. The minimum atomic E-state index is 0.351. The van der Waals surface area contributed by atoms with Crippen LogP contribution in [0.1, 0.15) is 21.9 Å². The Morgan fingerprint density at radius 1 is 1.57 bits per heavy atom. The molecule has 2 aromatic heterocycles. The summed E-state index contributed by atoms with van der Waals surface area (Å²) in [5.41, 5.74) is 1.10.